The Labute approximate surface area is 123 Å². The van der Waals surface area contributed by atoms with Crippen molar-refractivity contribution in [3.8, 4) is 0 Å². The molecule has 20 heavy (non-hydrogen) atoms. The lowest BCUT2D eigenvalue weighted by molar-refractivity contribution is 0.315. The molecular formula is C14H21N5S. The molecule has 2 aromatic heterocycles. The Morgan fingerprint density at radius 3 is 2.90 bits per heavy atom. The molecule has 0 radical (unpaired) electrons. The summed E-state index contributed by atoms with van der Waals surface area (Å²) < 4.78 is 0. The third-order valence-corrected chi connectivity index (χ3v) is 5.16. The van der Waals surface area contributed by atoms with Crippen molar-refractivity contribution in [2.75, 3.05) is 37.8 Å². The van der Waals surface area contributed by atoms with Crippen molar-refractivity contribution in [3.05, 3.63) is 10.9 Å². The lowest BCUT2D eigenvalue weighted by Crippen LogP contribution is -2.31. The summed E-state index contributed by atoms with van der Waals surface area (Å²) in [6.07, 6.45) is 2.20. The summed E-state index contributed by atoms with van der Waals surface area (Å²) in [6, 6.07) is 2.81. The lowest BCUT2D eigenvalue weighted by Gasteiger charge is -2.21. The highest BCUT2D eigenvalue weighted by atomic mass is 32.1. The summed E-state index contributed by atoms with van der Waals surface area (Å²) in [4.78, 5) is 15.9. The molecule has 2 aromatic rings. The van der Waals surface area contributed by atoms with Gasteiger partial charge in [0, 0.05) is 24.0 Å². The van der Waals surface area contributed by atoms with Gasteiger partial charge in [-0.15, -0.1) is 11.3 Å². The molecule has 108 valence electrons. The molecule has 1 fully saturated rings. The van der Waals surface area contributed by atoms with E-state index in [-0.39, 0.29) is 0 Å². The van der Waals surface area contributed by atoms with E-state index in [4.69, 9.17) is 5.73 Å². The van der Waals surface area contributed by atoms with Crippen LogP contribution in [0.3, 0.4) is 0 Å². The lowest BCUT2D eigenvalue weighted by atomic mass is 10.2. The largest absolute Gasteiger partial charge is 0.368 e. The van der Waals surface area contributed by atoms with Gasteiger partial charge in [0.1, 0.15) is 10.6 Å². The Bertz CT molecular complexity index is 621. The zero-order chi connectivity index (χ0) is 14.3. The second-order valence-corrected chi connectivity index (χ2v) is 6.66. The average molecular weight is 291 g/mol. The number of fused-ring (bicyclic) bond motifs is 1. The number of nitrogens with zero attached hydrogens (tertiary/aromatic N) is 4. The van der Waals surface area contributed by atoms with Crippen LogP contribution < -0.4 is 10.6 Å². The molecule has 5 nitrogen and oxygen atoms in total. The van der Waals surface area contributed by atoms with E-state index >= 15 is 0 Å². The summed E-state index contributed by atoms with van der Waals surface area (Å²) in [7, 11) is 4.27. The molecule has 0 bridgehead atoms. The second kappa shape index (κ2) is 5.18. The van der Waals surface area contributed by atoms with Crippen molar-refractivity contribution in [1.29, 1.82) is 0 Å². The van der Waals surface area contributed by atoms with E-state index < -0.39 is 0 Å². The van der Waals surface area contributed by atoms with Gasteiger partial charge < -0.3 is 15.5 Å². The van der Waals surface area contributed by atoms with Crippen molar-refractivity contribution in [3.63, 3.8) is 0 Å². The molecule has 3 heterocycles. The van der Waals surface area contributed by atoms with Crippen LogP contribution in [-0.4, -0.2) is 48.1 Å². The number of aromatic nitrogens is 2. The summed E-state index contributed by atoms with van der Waals surface area (Å²) in [6.45, 7) is 4.21. The van der Waals surface area contributed by atoms with Gasteiger partial charge >= 0.3 is 0 Å². The van der Waals surface area contributed by atoms with E-state index in [1.165, 1.54) is 11.3 Å². The van der Waals surface area contributed by atoms with Gasteiger partial charge in [0.15, 0.2) is 0 Å². The third-order valence-electron chi connectivity index (χ3n) is 3.98. The molecule has 2 N–H and O–H groups in total. The first-order valence-corrected chi connectivity index (χ1v) is 7.87. The van der Waals surface area contributed by atoms with Gasteiger partial charge in [0.25, 0.3) is 0 Å². The van der Waals surface area contributed by atoms with Gasteiger partial charge in [0.2, 0.25) is 5.95 Å². The Balaban J connectivity index is 2.00. The molecule has 1 aliphatic heterocycles. The van der Waals surface area contributed by atoms with Crippen LogP contribution in [-0.2, 0) is 6.42 Å². The summed E-state index contributed by atoms with van der Waals surface area (Å²) in [5.41, 5.74) is 5.88. The monoisotopic (exact) mass is 291 g/mol. The molecule has 1 saturated heterocycles. The molecule has 6 heteroatoms. The van der Waals surface area contributed by atoms with Gasteiger partial charge in [0.05, 0.1) is 5.39 Å². The zero-order valence-electron chi connectivity index (χ0n) is 12.3. The summed E-state index contributed by atoms with van der Waals surface area (Å²) >= 11 is 1.72. The van der Waals surface area contributed by atoms with Crippen molar-refractivity contribution in [1.82, 2.24) is 14.9 Å². The number of hydrogen-bond acceptors (Lipinski definition) is 6. The van der Waals surface area contributed by atoms with Crippen molar-refractivity contribution in [2.45, 2.75) is 25.8 Å². The van der Waals surface area contributed by atoms with Crippen LogP contribution in [0, 0.1) is 0 Å². The number of thiophene rings is 1. The van der Waals surface area contributed by atoms with Crippen LogP contribution in [0.2, 0.25) is 0 Å². The predicted molar refractivity (Wildman–Crippen MR) is 85.5 cm³/mol. The molecule has 0 saturated carbocycles. The number of likely N-dealkylation sites (N-methyl/N-ethyl adjacent to an activating group) is 1. The van der Waals surface area contributed by atoms with Crippen LogP contribution >= 0.6 is 11.3 Å². The Hall–Kier alpha value is -1.40. The van der Waals surface area contributed by atoms with Crippen LogP contribution in [0.1, 0.15) is 18.2 Å². The van der Waals surface area contributed by atoms with Gasteiger partial charge in [-0.1, -0.05) is 6.92 Å². The topological polar surface area (TPSA) is 58.3 Å². The second-order valence-electron chi connectivity index (χ2n) is 5.54. The minimum Gasteiger partial charge on any atom is -0.368 e. The Kier molecular flexibility index (Phi) is 3.52. The highest BCUT2D eigenvalue weighted by molar-refractivity contribution is 7.18. The minimum atomic E-state index is 0.380. The van der Waals surface area contributed by atoms with Crippen molar-refractivity contribution >= 4 is 33.3 Å². The Morgan fingerprint density at radius 2 is 2.25 bits per heavy atom. The molecule has 1 unspecified atom stereocenters. The maximum absolute atomic E-state index is 5.88. The molecular weight excluding hydrogens is 270 g/mol. The van der Waals surface area contributed by atoms with E-state index in [9.17, 15) is 0 Å². The van der Waals surface area contributed by atoms with E-state index in [2.05, 4.69) is 46.9 Å². The third kappa shape index (κ3) is 2.33. The van der Waals surface area contributed by atoms with Crippen molar-refractivity contribution < 1.29 is 0 Å². The van der Waals surface area contributed by atoms with Crippen LogP contribution in [0.5, 0.6) is 0 Å². The van der Waals surface area contributed by atoms with Gasteiger partial charge in [-0.2, -0.15) is 4.98 Å². The van der Waals surface area contributed by atoms with Crippen molar-refractivity contribution in [2.24, 2.45) is 0 Å². The van der Waals surface area contributed by atoms with Gasteiger partial charge in [-0.3, -0.25) is 0 Å². The fraction of sp³-hybridized carbons (Fsp3) is 0.571. The summed E-state index contributed by atoms with van der Waals surface area (Å²) in [5.74, 6) is 1.39. The number of nitrogens with two attached hydrogens (primary N) is 1. The fourth-order valence-electron chi connectivity index (χ4n) is 2.74. The van der Waals surface area contributed by atoms with E-state index in [1.54, 1.807) is 11.3 Å². The SMILES string of the molecule is CCc1cc2c(N3CCC(N(C)C)C3)nc(N)nc2s1. The van der Waals surface area contributed by atoms with E-state index in [1.807, 2.05) is 0 Å². The number of rotatable bonds is 3. The standard InChI is InChI=1S/C14H21N5S/c1-4-10-7-11-12(16-14(15)17-13(11)20-10)19-6-5-9(8-19)18(2)3/h7,9H,4-6,8H2,1-3H3,(H2,15,16,17). The average Bonchev–Trinajstić information content (AvgIpc) is 3.03. The quantitative estimate of drug-likeness (QED) is 0.937. The maximum atomic E-state index is 5.88. The highest BCUT2D eigenvalue weighted by Crippen LogP contribution is 2.33. The molecule has 0 aromatic carbocycles. The maximum Gasteiger partial charge on any atom is 0.223 e. The molecule has 3 rings (SSSR count). The zero-order valence-corrected chi connectivity index (χ0v) is 13.1. The first-order valence-electron chi connectivity index (χ1n) is 7.05. The van der Waals surface area contributed by atoms with Crippen LogP contribution in [0.25, 0.3) is 10.2 Å². The molecule has 1 atom stereocenters. The normalized spacial score (nSPS) is 19.4. The molecule has 0 aliphatic carbocycles. The highest BCUT2D eigenvalue weighted by Gasteiger charge is 2.27. The number of anilines is 2. The first-order chi connectivity index (χ1) is 9.58. The number of aryl methyl sites for hydroxylation is 1. The van der Waals surface area contributed by atoms with Crippen LogP contribution in [0.4, 0.5) is 11.8 Å². The number of nitrogen functional groups attached to an aromatic ring is 1. The van der Waals surface area contributed by atoms with Gasteiger partial charge in [-0.25, -0.2) is 4.98 Å². The first kappa shape index (κ1) is 13.6. The van der Waals surface area contributed by atoms with E-state index in [0.717, 1.165) is 35.5 Å². The molecule has 0 amide bonds. The van der Waals surface area contributed by atoms with Crippen LogP contribution in [0.15, 0.2) is 6.07 Å². The minimum absolute atomic E-state index is 0.380. The van der Waals surface area contributed by atoms with E-state index in [0.29, 0.717) is 12.0 Å². The molecule has 1 aliphatic rings. The predicted octanol–water partition coefficient (Wildman–Crippen LogP) is 1.98. The number of hydrogen-bond donors (Lipinski definition) is 1. The smallest absolute Gasteiger partial charge is 0.223 e. The summed E-state index contributed by atoms with van der Waals surface area (Å²) in [5, 5.41) is 1.15. The fourth-order valence-corrected chi connectivity index (χ4v) is 3.71. The molecule has 0 spiro atoms. The van der Waals surface area contributed by atoms with Gasteiger partial charge in [-0.05, 0) is 33.0 Å². The Morgan fingerprint density at radius 1 is 1.45 bits per heavy atom.